The molecule has 0 radical (unpaired) electrons. The average molecular weight is 402 g/mol. The third-order valence-electron chi connectivity index (χ3n) is 4.52. The topological polar surface area (TPSA) is 78.0 Å². The van der Waals surface area contributed by atoms with Crippen LogP contribution in [0.5, 0.6) is 0 Å². The van der Waals surface area contributed by atoms with Crippen molar-refractivity contribution in [2.45, 2.75) is 6.04 Å². The molecular weight excluding hydrogens is 374 g/mol. The lowest BCUT2D eigenvalue weighted by molar-refractivity contribution is -0.115. The smallest absolute Gasteiger partial charge is 0.243 e. The molecule has 1 atom stereocenters. The van der Waals surface area contributed by atoms with Crippen molar-refractivity contribution in [3.63, 3.8) is 0 Å². The Bertz CT molecular complexity index is 745. The lowest BCUT2D eigenvalue weighted by Crippen LogP contribution is -2.47. The number of carbonyl (C=O) groups excluding carboxylic acids is 1. The number of guanidine groups is 1. The van der Waals surface area contributed by atoms with Crippen LogP contribution < -0.4 is 16.0 Å². The molecule has 2 heterocycles. The van der Waals surface area contributed by atoms with E-state index in [9.17, 15) is 4.79 Å². The van der Waals surface area contributed by atoms with E-state index in [0.29, 0.717) is 12.5 Å². The van der Waals surface area contributed by atoms with E-state index in [4.69, 9.17) is 4.74 Å². The quantitative estimate of drug-likeness (QED) is 0.488. The Kier molecular flexibility index (Phi) is 7.83. The molecule has 3 N–H and O–H groups in total. The highest BCUT2D eigenvalue weighted by Gasteiger charge is 2.23. The van der Waals surface area contributed by atoms with E-state index >= 15 is 0 Å². The standard InChI is InChI=1S/C20H27N5O2S/c1-21-20(23-15-19(26)24-16-6-3-2-4-7-16)22-14-17(18-8-5-13-28-18)25-9-11-27-12-10-25/h2-8,13,17H,9-12,14-15H2,1H3,(H,24,26)(H2,21,22,23). The third-order valence-corrected chi connectivity index (χ3v) is 5.49. The fraction of sp³-hybridized carbons (Fsp3) is 0.400. The summed E-state index contributed by atoms with van der Waals surface area (Å²) in [5.74, 6) is 0.496. The molecule has 2 aromatic rings. The van der Waals surface area contributed by atoms with Gasteiger partial charge in [-0.1, -0.05) is 24.3 Å². The molecule has 1 aliphatic heterocycles. The second-order valence-corrected chi connectivity index (χ2v) is 7.38. The van der Waals surface area contributed by atoms with Crippen LogP contribution in [0.15, 0.2) is 52.8 Å². The molecule has 150 valence electrons. The van der Waals surface area contributed by atoms with Gasteiger partial charge >= 0.3 is 0 Å². The van der Waals surface area contributed by atoms with Crippen LogP contribution in [0.2, 0.25) is 0 Å². The second-order valence-electron chi connectivity index (χ2n) is 6.40. The van der Waals surface area contributed by atoms with Gasteiger partial charge in [-0.3, -0.25) is 14.7 Å². The Labute approximate surface area is 169 Å². The zero-order valence-corrected chi connectivity index (χ0v) is 16.9. The monoisotopic (exact) mass is 401 g/mol. The van der Waals surface area contributed by atoms with Crippen molar-refractivity contribution in [2.24, 2.45) is 4.99 Å². The summed E-state index contributed by atoms with van der Waals surface area (Å²) in [6.45, 7) is 4.20. The van der Waals surface area contributed by atoms with E-state index < -0.39 is 0 Å². The average Bonchev–Trinajstić information content (AvgIpc) is 3.26. The molecule has 1 fully saturated rings. The summed E-state index contributed by atoms with van der Waals surface area (Å²) in [5, 5.41) is 11.4. The van der Waals surface area contributed by atoms with Gasteiger partial charge in [-0.15, -0.1) is 11.3 Å². The number of morpholine rings is 1. The van der Waals surface area contributed by atoms with Crippen LogP contribution in [0, 0.1) is 0 Å². The molecule has 3 rings (SSSR count). The normalized spacial score (nSPS) is 16.4. The maximum Gasteiger partial charge on any atom is 0.243 e. The second kappa shape index (κ2) is 10.8. The number of thiophene rings is 1. The number of nitrogens with one attached hydrogen (secondary N) is 3. The molecule has 1 aromatic carbocycles. The van der Waals surface area contributed by atoms with Crippen LogP contribution in [0.4, 0.5) is 5.69 Å². The Hall–Kier alpha value is -2.42. The summed E-state index contributed by atoms with van der Waals surface area (Å²) in [7, 11) is 1.71. The van der Waals surface area contributed by atoms with Crippen molar-refractivity contribution < 1.29 is 9.53 Å². The van der Waals surface area contributed by atoms with Gasteiger partial charge < -0.3 is 20.7 Å². The van der Waals surface area contributed by atoms with Gasteiger partial charge in [0.1, 0.15) is 0 Å². The van der Waals surface area contributed by atoms with Crippen LogP contribution in [0.1, 0.15) is 10.9 Å². The van der Waals surface area contributed by atoms with Crippen LogP contribution in [0.25, 0.3) is 0 Å². The van der Waals surface area contributed by atoms with Crippen LogP contribution in [0.3, 0.4) is 0 Å². The van der Waals surface area contributed by atoms with E-state index in [2.05, 4.69) is 43.4 Å². The minimum Gasteiger partial charge on any atom is -0.379 e. The molecule has 1 unspecified atom stereocenters. The number of rotatable bonds is 7. The molecule has 28 heavy (non-hydrogen) atoms. The fourth-order valence-electron chi connectivity index (χ4n) is 3.08. The molecule has 1 aromatic heterocycles. The lowest BCUT2D eigenvalue weighted by Gasteiger charge is -2.34. The first-order valence-corrected chi connectivity index (χ1v) is 10.3. The van der Waals surface area contributed by atoms with Gasteiger partial charge in [-0.2, -0.15) is 0 Å². The fourth-order valence-corrected chi connectivity index (χ4v) is 3.95. The Morgan fingerprint density at radius 2 is 1.96 bits per heavy atom. The van der Waals surface area contributed by atoms with Crippen LogP contribution in [-0.2, 0) is 9.53 Å². The zero-order valence-electron chi connectivity index (χ0n) is 16.1. The van der Waals surface area contributed by atoms with E-state index in [1.165, 1.54) is 4.88 Å². The summed E-state index contributed by atoms with van der Waals surface area (Å²) in [6.07, 6.45) is 0. The van der Waals surface area contributed by atoms with Crippen LogP contribution >= 0.6 is 11.3 Å². The summed E-state index contributed by atoms with van der Waals surface area (Å²) in [6, 6.07) is 13.9. The van der Waals surface area contributed by atoms with E-state index in [1.54, 1.807) is 18.4 Å². The summed E-state index contributed by atoms with van der Waals surface area (Å²) in [4.78, 5) is 20.1. The SMILES string of the molecule is CN=C(NCC(=O)Nc1ccccc1)NCC(c1cccs1)N1CCOCC1. The number of carbonyl (C=O) groups is 1. The maximum atomic E-state index is 12.1. The first-order chi connectivity index (χ1) is 13.8. The number of amides is 1. The van der Waals surface area contributed by atoms with E-state index in [1.807, 2.05) is 30.3 Å². The summed E-state index contributed by atoms with van der Waals surface area (Å²) in [5.41, 5.74) is 0.780. The summed E-state index contributed by atoms with van der Waals surface area (Å²) < 4.78 is 5.49. The molecule has 1 amide bonds. The van der Waals surface area contributed by atoms with Crippen molar-refractivity contribution in [3.8, 4) is 0 Å². The minimum absolute atomic E-state index is 0.114. The van der Waals surface area contributed by atoms with Gasteiger partial charge in [0.25, 0.3) is 0 Å². The van der Waals surface area contributed by atoms with Gasteiger partial charge in [-0.05, 0) is 23.6 Å². The molecule has 7 nitrogen and oxygen atoms in total. The largest absolute Gasteiger partial charge is 0.379 e. The molecule has 8 heteroatoms. The first-order valence-electron chi connectivity index (χ1n) is 9.41. The number of hydrogen-bond donors (Lipinski definition) is 3. The van der Waals surface area contributed by atoms with Gasteiger partial charge in [0.15, 0.2) is 5.96 Å². The van der Waals surface area contributed by atoms with Crippen molar-refractivity contribution in [3.05, 3.63) is 52.7 Å². The zero-order chi connectivity index (χ0) is 19.6. The van der Waals surface area contributed by atoms with Crippen molar-refractivity contribution >= 4 is 28.9 Å². The number of hydrogen-bond acceptors (Lipinski definition) is 5. The molecule has 0 spiro atoms. The van der Waals surface area contributed by atoms with Crippen molar-refractivity contribution in [2.75, 3.05) is 51.8 Å². The number of aliphatic imine (C=N–C) groups is 1. The number of anilines is 1. The number of nitrogens with zero attached hydrogens (tertiary/aromatic N) is 2. The molecule has 1 saturated heterocycles. The molecular formula is C20H27N5O2S. The molecule has 0 saturated carbocycles. The van der Waals surface area contributed by atoms with Gasteiger partial charge in [-0.25, -0.2) is 0 Å². The lowest BCUT2D eigenvalue weighted by atomic mass is 10.2. The van der Waals surface area contributed by atoms with E-state index in [-0.39, 0.29) is 18.5 Å². The van der Waals surface area contributed by atoms with E-state index in [0.717, 1.165) is 32.0 Å². The Morgan fingerprint density at radius 1 is 1.18 bits per heavy atom. The first kappa shape index (κ1) is 20.3. The van der Waals surface area contributed by atoms with Crippen LogP contribution in [-0.4, -0.2) is 63.2 Å². The van der Waals surface area contributed by atoms with Crippen molar-refractivity contribution in [1.82, 2.24) is 15.5 Å². The predicted octanol–water partition coefficient (Wildman–Crippen LogP) is 1.93. The van der Waals surface area contributed by atoms with Gasteiger partial charge in [0, 0.05) is 37.2 Å². The predicted molar refractivity (Wildman–Crippen MR) is 114 cm³/mol. The Balaban J connectivity index is 1.50. The summed E-state index contributed by atoms with van der Waals surface area (Å²) >= 11 is 1.76. The number of para-hydroxylation sites is 1. The third kappa shape index (κ3) is 6.05. The van der Waals surface area contributed by atoms with Gasteiger partial charge in [0.2, 0.25) is 5.91 Å². The highest BCUT2D eigenvalue weighted by atomic mass is 32.1. The molecule has 0 bridgehead atoms. The molecule has 1 aliphatic rings. The molecule has 0 aliphatic carbocycles. The maximum absolute atomic E-state index is 12.1. The number of benzene rings is 1. The highest BCUT2D eigenvalue weighted by molar-refractivity contribution is 7.10. The van der Waals surface area contributed by atoms with Gasteiger partial charge in [0.05, 0.1) is 25.8 Å². The highest BCUT2D eigenvalue weighted by Crippen LogP contribution is 2.25. The minimum atomic E-state index is -0.114. The van der Waals surface area contributed by atoms with Crippen molar-refractivity contribution in [1.29, 1.82) is 0 Å². The number of ether oxygens (including phenoxy) is 1. The Morgan fingerprint density at radius 3 is 2.64 bits per heavy atom.